The number of aromatic nitrogens is 1. The number of benzene rings is 1. The molecule has 1 aromatic heterocycles. The van der Waals surface area contributed by atoms with Gasteiger partial charge in [0.2, 0.25) is 0 Å². The van der Waals surface area contributed by atoms with Gasteiger partial charge in [-0.15, -0.1) is 0 Å². The van der Waals surface area contributed by atoms with E-state index in [1.807, 2.05) is 32.0 Å². The third-order valence-electron chi connectivity index (χ3n) is 5.99. The molecule has 0 amide bonds. The Bertz CT molecular complexity index is 936. The topological polar surface area (TPSA) is 89.9 Å². The molecule has 0 spiro atoms. The number of anilines is 1. The number of hydrogen-bond donors (Lipinski definition) is 2. The van der Waals surface area contributed by atoms with Crippen LogP contribution in [-0.2, 0) is 20.9 Å². The van der Waals surface area contributed by atoms with Crippen LogP contribution in [0.25, 0.3) is 11.1 Å². The molecule has 1 saturated carbocycles. The maximum atomic E-state index is 12.0. The summed E-state index contributed by atoms with van der Waals surface area (Å²) < 4.78 is 17.2. The van der Waals surface area contributed by atoms with Crippen LogP contribution >= 0.6 is 0 Å². The first-order valence-electron chi connectivity index (χ1n) is 10.9. The fourth-order valence-electron chi connectivity index (χ4n) is 3.95. The highest BCUT2D eigenvalue weighted by atomic mass is 16.5. The number of ether oxygens (including phenoxy) is 3. The van der Waals surface area contributed by atoms with Gasteiger partial charge < -0.3 is 24.6 Å². The van der Waals surface area contributed by atoms with Gasteiger partial charge in [0, 0.05) is 37.8 Å². The Kier molecular flexibility index (Phi) is 6.43. The molecule has 7 nitrogen and oxygen atoms in total. The van der Waals surface area contributed by atoms with Crippen molar-refractivity contribution >= 4 is 11.8 Å². The second kappa shape index (κ2) is 9.24. The average Bonchev–Trinajstić information content (AvgIpc) is 3.59. The molecule has 1 aliphatic heterocycles. The van der Waals surface area contributed by atoms with Crippen LogP contribution in [0, 0.1) is 6.92 Å². The summed E-state index contributed by atoms with van der Waals surface area (Å²) in [5.74, 6) is 0.516. The first kappa shape index (κ1) is 21.6. The van der Waals surface area contributed by atoms with Gasteiger partial charge in [0.1, 0.15) is 17.1 Å². The normalized spacial score (nSPS) is 17.9. The molecule has 2 fully saturated rings. The van der Waals surface area contributed by atoms with Crippen LogP contribution in [0.2, 0.25) is 0 Å². The molecule has 2 aromatic rings. The summed E-state index contributed by atoms with van der Waals surface area (Å²) in [6, 6.07) is 7.92. The molecule has 0 atom stereocenters. The van der Waals surface area contributed by atoms with Gasteiger partial charge in [-0.3, -0.25) is 0 Å². The van der Waals surface area contributed by atoms with Crippen molar-refractivity contribution in [2.24, 2.45) is 0 Å². The zero-order valence-corrected chi connectivity index (χ0v) is 18.1. The lowest BCUT2D eigenvalue weighted by molar-refractivity contribution is -0.145. The number of nitrogens with zero attached hydrogens (tertiary/aromatic N) is 1. The van der Waals surface area contributed by atoms with Gasteiger partial charge in [0.15, 0.2) is 0 Å². The summed E-state index contributed by atoms with van der Waals surface area (Å²) in [5.41, 5.74) is 2.98. The standard InChI is InChI=1S/C24H30N2O5/c1-3-30-21-6-4-5-19(16(21)2)20-14-25-22(13-17(20)15-31-18-7-8-18)26-24(23(27)28)9-11-29-12-10-24/h4-6,13-14,18H,3,7-12,15H2,1-2H3,(H,25,26)(H,27,28). The lowest BCUT2D eigenvalue weighted by Gasteiger charge is -2.34. The fourth-order valence-corrected chi connectivity index (χ4v) is 3.95. The molecule has 1 saturated heterocycles. The van der Waals surface area contributed by atoms with Crippen LogP contribution < -0.4 is 10.1 Å². The van der Waals surface area contributed by atoms with Gasteiger partial charge in [-0.25, -0.2) is 9.78 Å². The molecule has 0 radical (unpaired) electrons. The number of aliphatic carboxylic acids is 1. The van der Waals surface area contributed by atoms with Gasteiger partial charge in [-0.05, 0) is 55.5 Å². The van der Waals surface area contributed by atoms with Crippen molar-refractivity contribution in [2.45, 2.75) is 57.8 Å². The van der Waals surface area contributed by atoms with E-state index < -0.39 is 11.5 Å². The van der Waals surface area contributed by atoms with Crippen LogP contribution in [0.5, 0.6) is 5.75 Å². The Morgan fingerprint density at radius 2 is 2.06 bits per heavy atom. The van der Waals surface area contributed by atoms with Gasteiger partial charge in [-0.2, -0.15) is 0 Å². The third-order valence-corrected chi connectivity index (χ3v) is 5.99. The molecule has 2 heterocycles. The van der Waals surface area contributed by atoms with E-state index >= 15 is 0 Å². The molecule has 2 aliphatic rings. The van der Waals surface area contributed by atoms with Crippen molar-refractivity contribution in [1.29, 1.82) is 0 Å². The Labute approximate surface area is 182 Å². The van der Waals surface area contributed by atoms with Crippen LogP contribution in [-0.4, -0.2) is 47.5 Å². The summed E-state index contributed by atoms with van der Waals surface area (Å²) in [4.78, 5) is 16.6. The van der Waals surface area contributed by atoms with Gasteiger partial charge in [0.05, 0.1) is 19.3 Å². The lowest BCUT2D eigenvalue weighted by atomic mass is 9.90. The number of carboxylic acid groups (broad SMARTS) is 1. The second-order valence-electron chi connectivity index (χ2n) is 8.22. The van der Waals surface area contributed by atoms with Gasteiger partial charge in [-0.1, -0.05) is 12.1 Å². The van der Waals surface area contributed by atoms with Crippen LogP contribution in [0.3, 0.4) is 0 Å². The molecule has 0 unspecified atom stereocenters. The van der Waals surface area contributed by atoms with E-state index in [9.17, 15) is 9.90 Å². The summed E-state index contributed by atoms with van der Waals surface area (Å²) in [6.07, 6.45) is 5.10. The number of carbonyl (C=O) groups is 1. The van der Waals surface area contributed by atoms with Crippen LogP contribution in [0.1, 0.15) is 43.7 Å². The van der Waals surface area contributed by atoms with Crippen LogP contribution in [0.4, 0.5) is 5.82 Å². The largest absolute Gasteiger partial charge is 0.494 e. The Morgan fingerprint density at radius 3 is 2.74 bits per heavy atom. The molecular formula is C24H30N2O5. The number of carboxylic acids is 1. The highest BCUT2D eigenvalue weighted by Crippen LogP contribution is 2.35. The molecular weight excluding hydrogens is 396 g/mol. The van der Waals surface area contributed by atoms with Crippen LogP contribution in [0.15, 0.2) is 30.5 Å². The quantitative estimate of drug-likeness (QED) is 0.622. The van der Waals surface area contributed by atoms with E-state index in [0.29, 0.717) is 51.2 Å². The summed E-state index contributed by atoms with van der Waals surface area (Å²) >= 11 is 0. The maximum absolute atomic E-state index is 12.0. The predicted molar refractivity (Wildman–Crippen MR) is 117 cm³/mol. The first-order chi connectivity index (χ1) is 15.0. The molecule has 1 aromatic carbocycles. The van der Waals surface area contributed by atoms with Crippen molar-refractivity contribution in [3.05, 3.63) is 41.6 Å². The Hall–Kier alpha value is -2.64. The zero-order chi connectivity index (χ0) is 21.8. The van der Waals surface area contributed by atoms with Crippen molar-refractivity contribution in [3.8, 4) is 16.9 Å². The van der Waals surface area contributed by atoms with E-state index in [0.717, 1.165) is 40.8 Å². The highest BCUT2D eigenvalue weighted by Gasteiger charge is 2.40. The number of nitrogens with one attached hydrogen (secondary N) is 1. The molecule has 1 aliphatic carbocycles. The summed E-state index contributed by atoms with van der Waals surface area (Å²) in [7, 11) is 0. The SMILES string of the molecule is CCOc1cccc(-c2cnc(NC3(C(=O)O)CCOCC3)cc2COC2CC2)c1C. The summed E-state index contributed by atoms with van der Waals surface area (Å²) in [6.45, 7) is 5.90. The van der Waals surface area contributed by atoms with Crippen molar-refractivity contribution in [3.63, 3.8) is 0 Å². The number of pyridine rings is 1. The highest BCUT2D eigenvalue weighted by molar-refractivity contribution is 5.83. The van der Waals surface area contributed by atoms with Gasteiger partial charge >= 0.3 is 5.97 Å². The van der Waals surface area contributed by atoms with Crippen molar-refractivity contribution < 1.29 is 24.1 Å². The van der Waals surface area contributed by atoms with E-state index in [1.165, 1.54) is 0 Å². The van der Waals surface area contributed by atoms with E-state index in [2.05, 4.69) is 16.4 Å². The smallest absolute Gasteiger partial charge is 0.329 e. The first-order valence-corrected chi connectivity index (χ1v) is 10.9. The average molecular weight is 427 g/mol. The number of rotatable bonds is 9. The molecule has 166 valence electrons. The molecule has 2 N–H and O–H groups in total. The van der Waals surface area contributed by atoms with E-state index in [-0.39, 0.29) is 0 Å². The summed E-state index contributed by atoms with van der Waals surface area (Å²) in [5, 5.41) is 13.1. The fraction of sp³-hybridized carbons (Fsp3) is 0.500. The molecule has 0 bridgehead atoms. The molecule has 4 rings (SSSR count). The lowest BCUT2D eigenvalue weighted by Crippen LogP contribution is -2.50. The monoisotopic (exact) mass is 426 g/mol. The Balaban J connectivity index is 1.68. The van der Waals surface area contributed by atoms with Gasteiger partial charge in [0.25, 0.3) is 0 Å². The minimum absolute atomic E-state index is 0.314. The predicted octanol–water partition coefficient (Wildman–Crippen LogP) is 4.18. The number of hydrogen-bond acceptors (Lipinski definition) is 6. The van der Waals surface area contributed by atoms with E-state index in [1.54, 1.807) is 6.20 Å². The van der Waals surface area contributed by atoms with E-state index in [4.69, 9.17) is 14.2 Å². The maximum Gasteiger partial charge on any atom is 0.329 e. The molecule has 7 heteroatoms. The zero-order valence-electron chi connectivity index (χ0n) is 18.1. The van der Waals surface area contributed by atoms with Crippen molar-refractivity contribution in [1.82, 2.24) is 4.98 Å². The minimum Gasteiger partial charge on any atom is -0.494 e. The molecule has 31 heavy (non-hydrogen) atoms. The minimum atomic E-state index is -1.06. The van der Waals surface area contributed by atoms with Crippen molar-refractivity contribution in [2.75, 3.05) is 25.1 Å². The third kappa shape index (κ3) is 4.83. The second-order valence-corrected chi connectivity index (χ2v) is 8.22. The Morgan fingerprint density at radius 1 is 1.29 bits per heavy atom.